The molecule has 1 heterocycles. The van der Waals surface area contributed by atoms with Crippen LogP contribution in [0.2, 0.25) is 0 Å². The van der Waals surface area contributed by atoms with Crippen molar-refractivity contribution >= 4 is 11.6 Å². The van der Waals surface area contributed by atoms with Crippen molar-refractivity contribution in [1.82, 2.24) is 9.97 Å². The van der Waals surface area contributed by atoms with Crippen LogP contribution in [0.5, 0.6) is 6.01 Å². The van der Waals surface area contributed by atoms with Crippen molar-refractivity contribution in [3.63, 3.8) is 0 Å². The molecule has 23 heavy (non-hydrogen) atoms. The van der Waals surface area contributed by atoms with E-state index in [0.717, 1.165) is 5.56 Å². The number of hydrogen-bond donors (Lipinski definition) is 1. The lowest BCUT2D eigenvalue weighted by atomic mass is 10.2. The third kappa shape index (κ3) is 4.14. The van der Waals surface area contributed by atoms with E-state index in [1.54, 1.807) is 12.1 Å². The van der Waals surface area contributed by atoms with Crippen LogP contribution in [-0.2, 0) is 6.61 Å². The standard InChI is InChI=1S/C18H15N3O2/c22-17(15-9-5-2-6-10-15)21-16-11-19-18(20-12-16)23-13-14-7-3-1-4-8-14/h1-12H,13H2,(H,21,22). The summed E-state index contributed by atoms with van der Waals surface area (Å²) in [7, 11) is 0. The van der Waals surface area contributed by atoms with Gasteiger partial charge < -0.3 is 10.1 Å². The van der Waals surface area contributed by atoms with Gasteiger partial charge in [-0.2, -0.15) is 0 Å². The first-order valence-electron chi connectivity index (χ1n) is 7.16. The molecule has 3 aromatic rings. The van der Waals surface area contributed by atoms with Crippen molar-refractivity contribution in [3.8, 4) is 6.01 Å². The summed E-state index contributed by atoms with van der Waals surface area (Å²) in [6.45, 7) is 0.399. The smallest absolute Gasteiger partial charge is 0.316 e. The van der Waals surface area contributed by atoms with Gasteiger partial charge in [0.25, 0.3) is 5.91 Å². The van der Waals surface area contributed by atoms with Gasteiger partial charge in [-0.25, -0.2) is 9.97 Å². The summed E-state index contributed by atoms with van der Waals surface area (Å²) in [6, 6.07) is 19.0. The molecular formula is C18H15N3O2. The Hall–Kier alpha value is -3.21. The highest BCUT2D eigenvalue weighted by atomic mass is 16.5. The van der Waals surface area contributed by atoms with Crippen LogP contribution < -0.4 is 10.1 Å². The molecule has 5 heteroatoms. The number of nitrogens with one attached hydrogen (secondary N) is 1. The van der Waals surface area contributed by atoms with Crippen molar-refractivity contribution in [3.05, 3.63) is 84.2 Å². The minimum absolute atomic E-state index is 0.202. The SMILES string of the molecule is O=C(Nc1cnc(OCc2ccccc2)nc1)c1ccccc1. The van der Waals surface area contributed by atoms with Gasteiger partial charge in [0.15, 0.2) is 0 Å². The van der Waals surface area contributed by atoms with Crippen LogP contribution in [0.15, 0.2) is 73.1 Å². The highest BCUT2D eigenvalue weighted by molar-refractivity contribution is 6.04. The minimum atomic E-state index is -0.202. The lowest BCUT2D eigenvalue weighted by molar-refractivity contribution is 0.102. The molecule has 0 saturated carbocycles. The molecular weight excluding hydrogens is 290 g/mol. The molecule has 0 radical (unpaired) electrons. The molecule has 0 saturated heterocycles. The molecule has 0 spiro atoms. The molecule has 0 bridgehead atoms. The van der Waals surface area contributed by atoms with Gasteiger partial charge in [0.2, 0.25) is 0 Å². The molecule has 0 fully saturated rings. The molecule has 0 unspecified atom stereocenters. The number of hydrogen-bond acceptors (Lipinski definition) is 4. The zero-order valence-corrected chi connectivity index (χ0v) is 12.3. The Morgan fingerprint density at radius 3 is 2.17 bits per heavy atom. The maximum Gasteiger partial charge on any atom is 0.316 e. The number of nitrogens with zero attached hydrogens (tertiary/aromatic N) is 2. The fourth-order valence-corrected chi connectivity index (χ4v) is 1.97. The molecule has 0 aliphatic heterocycles. The Balaban J connectivity index is 1.58. The molecule has 0 aliphatic carbocycles. The van der Waals surface area contributed by atoms with Gasteiger partial charge in [0.05, 0.1) is 18.1 Å². The maximum absolute atomic E-state index is 12.0. The van der Waals surface area contributed by atoms with E-state index in [-0.39, 0.29) is 11.9 Å². The summed E-state index contributed by atoms with van der Waals surface area (Å²) in [4.78, 5) is 20.2. The Labute approximate surface area is 134 Å². The van der Waals surface area contributed by atoms with Crippen LogP contribution in [-0.4, -0.2) is 15.9 Å². The van der Waals surface area contributed by atoms with Gasteiger partial charge in [0, 0.05) is 5.56 Å². The van der Waals surface area contributed by atoms with E-state index in [1.165, 1.54) is 12.4 Å². The van der Waals surface area contributed by atoms with E-state index >= 15 is 0 Å². The van der Waals surface area contributed by atoms with Crippen LogP contribution >= 0.6 is 0 Å². The monoisotopic (exact) mass is 305 g/mol. The van der Waals surface area contributed by atoms with E-state index in [2.05, 4.69) is 15.3 Å². The van der Waals surface area contributed by atoms with Gasteiger partial charge in [-0.05, 0) is 17.7 Å². The van der Waals surface area contributed by atoms with E-state index in [9.17, 15) is 4.79 Å². The molecule has 114 valence electrons. The summed E-state index contributed by atoms with van der Waals surface area (Å²) >= 11 is 0. The Morgan fingerprint density at radius 1 is 0.913 bits per heavy atom. The Morgan fingerprint density at radius 2 is 1.52 bits per heavy atom. The van der Waals surface area contributed by atoms with Gasteiger partial charge >= 0.3 is 6.01 Å². The predicted molar refractivity (Wildman–Crippen MR) is 87.2 cm³/mol. The zero-order chi connectivity index (χ0) is 15.9. The van der Waals surface area contributed by atoms with Crippen LogP contribution in [0.4, 0.5) is 5.69 Å². The van der Waals surface area contributed by atoms with Crippen molar-refractivity contribution in [2.24, 2.45) is 0 Å². The van der Waals surface area contributed by atoms with E-state index in [1.807, 2.05) is 48.5 Å². The molecule has 0 atom stereocenters. The van der Waals surface area contributed by atoms with Crippen molar-refractivity contribution in [2.45, 2.75) is 6.61 Å². The maximum atomic E-state index is 12.0. The lowest BCUT2D eigenvalue weighted by Crippen LogP contribution is -2.12. The zero-order valence-electron chi connectivity index (χ0n) is 12.3. The van der Waals surface area contributed by atoms with Crippen molar-refractivity contribution in [2.75, 3.05) is 5.32 Å². The van der Waals surface area contributed by atoms with Crippen LogP contribution in [0.1, 0.15) is 15.9 Å². The van der Waals surface area contributed by atoms with Gasteiger partial charge in [-0.3, -0.25) is 4.79 Å². The summed E-state index contributed by atoms with van der Waals surface area (Å²) < 4.78 is 5.50. The lowest BCUT2D eigenvalue weighted by Gasteiger charge is -2.06. The minimum Gasteiger partial charge on any atom is -0.459 e. The largest absolute Gasteiger partial charge is 0.459 e. The summed E-state index contributed by atoms with van der Waals surface area (Å²) in [5.74, 6) is -0.202. The van der Waals surface area contributed by atoms with Gasteiger partial charge in [-0.1, -0.05) is 48.5 Å². The first-order valence-corrected chi connectivity index (χ1v) is 7.16. The number of aromatic nitrogens is 2. The summed E-state index contributed by atoms with van der Waals surface area (Å²) in [6.07, 6.45) is 3.04. The topological polar surface area (TPSA) is 64.1 Å². The molecule has 3 rings (SSSR count). The third-order valence-corrected chi connectivity index (χ3v) is 3.13. The summed E-state index contributed by atoms with van der Waals surface area (Å²) in [5.41, 5.74) is 2.14. The quantitative estimate of drug-likeness (QED) is 0.785. The van der Waals surface area contributed by atoms with E-state index in [4.69, 9.17) is 4.74 Å². The number of anilines is 1. The Kier molecular flexibility index (Phi) is 4.59. The second-order valence-corrected chi connectivity index (χ2v) is 4.85. The second-order valence-electron chi connectivity index (χ2n) is 4.85. The second kappa shape index (κ2) is 7.17. The van der Waals surface area contributed by atoms with Crippen molar-refractivity contribution in [1.29, 1.82) is 0 Å². The number of carbonyl (C=O) groups is 1. The van der Waals surface area contributed by atoms with E-state index < -0.39 is 0 Å². The number of carbonyl (C=O) groups excluding carboxylic acids is 1. The van der Waals surface area contributed by atoms with Crippen molar-refractivity contribution < 1.29 is 9.53 Å². The molecule has 1 aromatic heterocycles. The predicted octanol–water partition coefficient (Wildman–Crippen LogP) is 3.31. The van der Waals surface area contributed by atoms with E-state index in [0.29, 0.717) is 17.9 Å². The highest BCUT2D eigenvalue weighted by Gasteiger charge is 2.06. The average Bonchev–Trinajstić information content (AvgIpc) is 2.63. The molecule has 2 aromatic carbocycles. The van der Waals surface area contributed by atoms with Crippen LogP contribution in [0.3, 0.4) is 0 Å². The average molecular weight is 305 g/mol. The number of ether oxygens (including phenoxy) is 1. The first kappa shape index (κ1) is 14.7. The molecule has 0 aliphatic rings. The van der Waals surface area contributed by atoms with Gasteiger partial charge in [0.1, 0.15) is 6.61 Å². The fourth-order valence-electron chi connectivity index (χ4n) is 1.97. The van der Waals surface area contributed by atoms with Crippen LogP contribution in [0, 0.1) is 0 Å². The number of benzene rings is 2. The number of rotatable bonds is 5. The first-order chi connectivity index (χ1) is 11.3. The Bertz CT molecular complexity index is 759. The van der Waals surface area contributed by atoms with Gasteiger partial charge in [-0.15, -0.1) is 0 Å². The molecule has 1 amide bonds. The van der Waals surface area contributed by atoms with Crippen LogP contribution in [0.25, 0.3) is 0 Å². The molecule has 5 nitrogen and oxygen atoms in total. The summed E-state index contributed by atoms with van der Waals surface area (Å²) in [5, 5.41) is 2.74. The third-order valence-electron chi connectivity index (χ3n) is 3.13. The molecule has 1 N–H and O–H groups in total. The fraction of sp³-hybridized carbons (Fsp3) is 0.0556. The normalized spacial score (nSPS) is 10.1. The highest BCUT2D eigenvalue weighted by Crippen LogP contribution is 2.11. The number of amides is 1.